The number of rotatable bonds is 5. The van der Waals surface area contributed by atoms with Crippen LogP contribution in [0, 0.1) is 5.92 Å². The molecule has 1 amide bonds. The molecule has 1 N–H and O–H groups in total. The van der Waals surface area contributed by atoms with E-state index < -0.39 is 0 Å². The third-order valence-corrected chi connectivity index (χ3v) is 4.89. The first-order valence-electron chi connectivity index (χ1n) is 9.31. The number of nitrogens with zero attached hydrogens (tertiary/aromatic N) is 1. The number of nitrogens with one attached hydrogen (secondary N) is 1. The molecule has 2 aromatic carbocycles. The molecule has 6 heteroatoms. The van der Waals surface area contributed by atoms with Crippen LogP contribution >= 0.6 is 0 Å². The van der Waals surface area contributed by atoms with Gasteiger partial charge >= 0.3 is 0 Å². The number of ether oxygens (including phenoxy) is 2. The summed E-state index contributed by atoms with van der Waals surface area (Å²) in [6, 6.07) is 17.3. The third-order valence-electron chi connectivity index (χ3n) is 4.89. The summed E-state index contributed by atoms with van der Waals surface area (Å²) in [5, 5.41) is 7.06. The maximum absolute atomic E-state index is 12.6. The van der Waals surface area contributed by atoms with Crippen LogP contribution in [0.5, 0.6) is 11.5 Å². The summed E-state index contributed by atoms with van der Waals surface area (Å²) in [6.45, 7) is 0.839. The number of fused-ring (bicyclic) bond motifs is 1. The van der Waals surface area contributed by atoms with Gasteiger partial charge in [-0.05, 0) is 36.6 Å². The van der Waals surface area contributed by atoms with Crippen LogP contribution in [0.3, 0.4) is 0 Å². The van der Waals surface area contributed by atoms with Gasteiger partial charge in [0.25, 0.3) is 0 Å². The largest absolute Gasteiger partial charge is 0.497 e. The van der Waals surface area contributed by atoms with Crippen molar-refractivity contribution in [2.24, 2.45) is 5.92 Å². The predicted octanol–water partition coefficient (Wildman–Crippen LogP) is 3.61. The second kappa shape index (κ2) is 8.17. The van der Waals surface area contributed by atoms with E-state index in [0.717, 1.165) is 22.6 Å². The van der Waals surface area contributed by atoms with Crippen LogP contribution in [0.4, 0.5) is 0 Å². The number of benzene rings is 2. The zero-order valence-corrected chi connectivity index (χ0v) is 15.7. The van der Waals surface area contributed by atoms with Crippen molar-refractivity contribution in [2.75, 3.05) is 13.7 Å². The Morgan fingerprint density at radius 2 is 2.11 bits per heavy atom. The van der Waals surface area contributed by atoms with Gasteiger partial charge in [-0.15, -0.1) is 0 Å². The first-order chi connectivity index (χ1) is 13.7. The van der Waals surface area contributed by atoms with Gasteiger partial charge in [0.05, 0.1) is 20.3 Å². The minimum atomic E-state index is -0.121. The van der Waals surface area contributed by atoms with Crippen molar-refractivity contribution in [2.45, 2.75) is 19.4 Å². The van der Waals surface area contributed by atoms with Crippen LogP contribution in [0.15, 0.2) is 59.1 Å². The summed E-state index contributed by atoms with van der Waals surface area (Å²) in [7, 11) is 1.62. The fourth-order valence-corrected chi connectivity index (χ4v) is 3.35. The molecule has 1 aromatic heterocycles. The van der Waals surface area contributed by atoms with E-state index in [9.17, 15) is 4.79 Å². The van der Waals surface area contributed by atoms with Crippen LogP contribution in [-0.4, -0.2) is 24.8 Å². The lowest BCUT2D eigenvalue weighted by Crippen LogP contribution is -2.31. The van der Waals surface area contributed by atoms with Gasteiger partial charge in [-0.25, -0.2) is 0 Å². The number of methoxy groups -OCH3 is 1. The van der Waals surface area contributed by atoms with Crippen molar-refractivity contribution in [1.29, 1.82) is 0 Å². The molecule has 144 valence electrons. The van der Waals surface area contributed by atoms with Gasteiger partial charge in [-0.3, -0.25) is 4.79 Å². The second-order valence-corrected chi connectivity index (χ2v) is 6.77. The Morgan fingerprint density at radius 3 is 3.00 bits per heavy atom. The molecule has 0 fully saturated rings. The number of amides is 1. The van der Waals surface area contributed by atoms with Crippen LogP contribution in [0.1, 0.15) is 17.7 Å². The van der Waals surface area contributed by atoms with Gasteiger partial charge in [0.15, 0.2) is 5.76 Å². The molecule has 1 unspecified atom stereocenters. The molecule has 6 nitrogen and oxygen atoms in total. The highest BCUT2D eigenvalue weighted by Crippen LogP contribution is 2.27. The number of carbonyl (C=O) groups is 1. The molecule has 1 aliphatic rings. The van der Waals surface area contributed by atoms with E-state index in [4.69, 9.17) is 14.0 Å². The number of para-hydroxylation sites is 1. The number of hydrogen-bond acceptors (Lipinski definition) is 5. The topological polar surface area (TPSA) is 73.6 Å². The Bertz CT molecular complexity index is 966. The van der Waals surface area contributed by atoms with Crippen LogP contribution < -0.4 is 14.8 Å². The highest BCUT2D eigenvalue weighted by Gasteiger charge is 2.23. The van der Waals surface area contributed by atoms with Crippen LogP contribution in [0.2, 0.25) is 0 Å². The zero-order valence-electron chi connectivity index (χ0n) is 15.7. The zero-order chi connectivity index (χ0) is 19.3. The summed E-state index contributed by atoms with van der Waals surface area (Å²) < 4.78 is 16.4. The molecule has 3 aromatic rings. The Balaban J connectivity index is 1.38. The minimum absolute atomic E-state index is 0.000339. The van der Waals surface area contributed by atoms with Crippen molar-refractivity contribution < 1.29 is 18.8 Å². The Labute approximate surface area is 163 Å². The van der Waals surface area contributed by atoms with Gasteiger partial charge in [0.1, 0.15) is 17.2 Å². The van der Waals surface area contributed by atoms with E-state index >= 15 is 0 Å². The van der Waals surface area contributed by atoms with E-state index in [1.165, 1.54) is 0 Å². The summed E-state index contributed by atoms with van der Waals surface area (Å²) in [6.07, 6.45) is 1.36. The Kier molecular flexibility index (Phi) is 5.28. The van der Waals surface area contributed by atoms with Gasteiger partial charge in [0.2, 0.25) is 5.91 Å². The first-order valence-corrected chi connectivity index (χ1v) is 9.31. The lowest BCUT2D eigenvalue weighted by atomic mass is 9.96. The number of hydrogen-bond donors (Lipinski definition) is 1. The summed E-state index contributed by atoms with van der Waals surface area (Å²) in [4.78, 5) is 12.6. The average molecular weight is 378 g/mol. The van der Waals surface area contributed by atoms with Crippen LogP contribution in [-0.2, 0) is 17.8 Å². The van der Waals surface area contributed by atoms with Gasteiger partial charge in [-0.1, -0.05) is 35.5 Å². The summed E-state index contributed by atoms with van der Waals surface area (Å²) >= 11 is 0. The molecule has 0 spiro atoms. The normalized spacial score (nSPS) is 15.8. The standard InChI is InChI=1S/C22H22N2O4/c1-26-18-7-4-6-15(12-18)20-13-19(28-24-20)14-23-22(25)17-9-10-27-21-8-3-2-5-16(21)11-17/h2-8,12-13,17H,9-11,14H2,1H3,(H,23,25). The van der Waals surface area contributed by atoms with E-state index in [-0.39, 0.29) is 11.8 Å². The molecular formula is C22H22N2O4. The Morgan fingerprint density at radius 1 is 1.21 bits per heavy atom. The van der Waals surface area contributed by atoms with Crippen molar-refractivity contribution in [1.82, 2.24) is 10.5 Å². The van der Waals surface area contributed by atoms with E-state index in [1.54, 1.807) is 7.11 Å². The molecule has 0 radical (unpaired) electrons. The fourth-order valence-electron chi connectivity index (χ4n) is 3.35. The molecule has 1 atom stereocenters. The number of aromatic nitrogens is 1. The molecule has 28 heavy (non-hydrogen) atoms. The fraction of sp³-hybridized carbons (Fsp3) is 0.273. The van der Waals surface area contributed by atoms with E-state index in [0.29, 0.717) is 37.4 Å². The SMILES string of the molecule is COc1cccc(-c2cc(CNC(=O)C3CCOc4ccccc4C3)on2)c1. The lowest BCUT2D eigenvalue weighted by Gasteiger charge is -2.13. The highest BCUT2D eigenvalue weighted by atomic mass is 16.5. The van der Waals surface area contributed by atoms with Gasteiger partial charge in [-0.2, -0.15) is 0 Å². The summed E-state index contributed by atoms with van der Waals surface area (Å²) in [5.74, 6) is 2.11. The van der Waals surface area contributed by atoms with Crippen LogP contribution in [0.25, 0.3) is 11.3 Å². The molecule has 0 saturated carbocycles. The van der Waals surface area contributed by atoms with Gasteiger partial charge in [0, 0.05) is 17.5 Å². The molecule has 1 aliphatic heterocycles. The van der Waals surface area contributed by atoms with E-state index in [2.05, 4.69) is 10.5 Å². The smallest absolute Gasteiger partial charge is 0.223 e. The monoisotopic (exact) mass is 378 g/mol. The lowest BCUT2D eigenvalue weighted by molar-refractivity contribution is -0.125. The minimum Gasteiger partial charge on any atom is -0.497 e. The number of carbonyl (C=O) groups excluding carboxylic acids is 1. The highest BCUT2D eigenvalue weighted by molar-refractivity contribution is 5.79. The van der Waals surface area contributed by atoms with Gasteiger partial charge < -0.3 is 19.3 Å². The Hall–Kier alpha value is -3.28. The molecule has 0 saturated heterocycles. The maximum Gasteiger partial charge on any atom is 0.223 e. The average Bonchev–Trinajstić information content (AvgIpc) is 3.10. The first kappa shape index (κ1) is 18.1. The quantitative estimate of drug-likeness (QED) is 0.734. The van der Waals surface area contributed by atoms with Crippen molar-refractivity contribution in [3.63, 3.8) is 0 Å². The molecule has 0 aliphatic carbocycles. The maximum atomic E-state index is 12.6. The third kappa shape index (κ3) is 4.01. The molecule has 0 bridgehead atoms. The van der Waals surface area contributed by atoms with E-state index in [1.807, 2.05) is 54.6 Å². The molecular weight excluding hydrogens is 356 g/mol. The summed E-state index contributed by atoms with van der Waals surface area (Å²) in [5.41, 5.74) is 2.68. The van der Waals surface area contributed by atoms with Crippen molar-refractivity contribution >= 4 is 5.91 Å². The predicted molar refractivity (Wildman–Crippen MR) is 104 cm³/mol. The van der Waals surface area contributed by atoms with Crippen molar-refractivity contribution in [3.8, 4) is 22.8 Å². The molecule has 4 rings (SSSR count). The second-order valence-electron chi connectivity index (χ2n) is 6.77. The molecule has 2 heterocycles. The van der Waals surface area contributed by atoms with Crippen molar-refractivity contribution in [3.05, 3.63) is 65.9 Å².